The first kappa shape index (κ1) is 27.2. The second kappa shape index (κ2) is 11.0. The maximum atomic E-state index is 11.8. The van der Waals surface area contributed by atoms with Gasteiger partial charge in [0.2, 0.25) is 0 Å². The summed E-state index contributed by atoms with van der Waals surface area (Å²) in [6.07, 6.45) is 1.95. The molecule has 1 atom stereocenters. The average molecular weight is 535 g/mol. The number of carboxylic acid groups (broad SMARTS) is 1. The molecule has 0 spiro atoms. The number of ether oxygens (including phenoxy) is 1. The number of rotatable bonds is 7. The number of nitriles is 1. The van der Waals surface area contributed by atoms with E-state index in [1.807, 2.05) is 32.0 Å². The number of hydrogen-bond acceptors (Lipinski definition) is 6. The Labute approximate surface area is 235 Å². The number of aromatic carboxylic acids is 1. The molecule has 7 heteroatoms. The first-order valence-electron chi connectivity index (χ1n) is 13.6. The molecule has 3 aromatic carbocycles. The molecule has 0 radical (unpaired) electrons. The van der Waals surface area contributed by atoms with Gasteiger partial charge in [0, 0.05) is 48.6 Å². The first-order chi connectivity index (χ1) is 19.2. The molecule has 0 bridgehead atoms. The fraction of sp³-hybridized carbons (Fsp3) is 0.303. The van der Waals surface area contributed by atoms with E-state index in [0.29, 0.717) is 11.4 Å². The molecule has 4 aromatic rings. The van der Waals surface area contributed by atoms with E-state index >= 15 is 0 Å². The van der Waals surface area contributed by atoms with Crippen LogP contribution in [0.15, 0.2) is 66.7 Å². The van der Waals surface area contributed by atoms with E-state index in [2.05, 4.69) is 53.5 Å². The quantitative estimate of drug-likeness (QED) is 0.264. The summed E-state index contributed by atoms with van der Waals surface area (Å²) in [6, 6.07) is 23.4. The van der Waals surface area contributed by atoms with E-state index in [-0.39, 0.29) is 17.2 Å². The Morgan fingerprint density at radius 3 is 2.48 bits per heavy atom. The highest BCUT2D eigenvalue weighted by molar-refractivity contribution is 5.94. The third kappa shape index (κ3) is 5.36. The van der Waals surface area contributed by atoms with E-state index in [0.717, 1.165) is 64.8 Å². The topological polar surface area (TPSA) is 98.5 Å². The number of pyridine rings is 1. The number of para-hydroxylation sites is 1. The van der Waals surface area contributed by atoms with Crippen molar-refractivity contribution in [1.29, 1.82) is 5.26 Å². The molecule has 1 saturated heterocycles. The maximum Gasteiger partial charge on any atom is 0.337 e. The van der Waals surface area contributed by atoms with Crippen molar-refractivity contribution < 1.29 is 14.6 Å². The molecular weight excluding hydrogens is 500 g/mol. The van der Waals surface area contributed by atoms with Crippen molar-refractivity contribution in [1.82, 2.24) is 4.98 Å². The predicted octanol–water partition coefficient (Wildman–Crippen LogP) is 6.96. The molecule has 1 fully saturated rings. The molecule has 0 aliphatic carbocycles. The van der Waals surface area contributed by atoms with Crippen molar-refractivity contribution in [3.63, 3.8) is 0 Å². The highest BCUT2D eigenvalue weighted by atomic mass is 16.5. The molecular formula is C33H34N4O3. The number of nitrogens with one attached hydrogen (secondary N) is 1. The van der Waals surface area contributed by atoms with E-state index in [9.17, 15) is 15.2 Å². The van der Waals surface area contributed by atoms with Gasteiger partial charge in [-0.3, -0.25) is 0 Å². The van der Waals surface area contributed by atoms with Gasteiger partial charge in [0.15, 0.2) is 0 Å². The molecule has 1 aliphatic rings. The molecule has 40 heavy (non-hydrogen) atoms. The summed E-state index contributed by atoms with van der Waals surface area (Å²) >= 11 is 0. The van der Waals surface area contributed by atoms with Crippen LogP contribution in [0.3, 0.4) is 0 Å². The van der Waals surface area contributed by atoms with Crippen molar-refractivity contribution in [2.24, 2.45) is 0 Å². The molecule has 0 saturated carbocycles. The van der Waals surface area contributed by atoms with Crippen molar-refractivity contribution >= 4 is 28.2 Å². The summed E-state index contributed by atoms with van der Waals surface area (Å²) in [5.41, 5.74) is 6.68. The van der Waals surface area contributed by atoms with Gasteiger partial charge in [-0.25, -0.2) is 9.78 Å². The Balaban J connectivity index is 1.50. The standard InChI is InChI=1S/C33H34N4O3/c1-21-17-26(22(2)35-29-8-6-5-7-25(29)32(38)39)28-19-27(31(20-34)36-30(28)18-21)23-9-11-24(12-10-23)37-15-13-33(3,40-4)14-16-37/h5-12,17-19,22,35H,13-16H2,1-4H3,(H,38,39). The van der Waals surface area contributed by atoms with Gasteiger partial charge in [0.1, 0.15) is 11.8 Å². The Hall–Kier alpha value is -4.41. The van der Waals surface area contributed by atoms with Crippen LogP contribution in [0.1, 0.15) is 59.9 Å². The number of nitrogens with zero attached hydrogens (tertiary/aromatic N) is 3. The van der Waals surface area contributed by atoms with Gasteiger partial charge in [-0.1, -0.05) is 30.3 Å². The van der Waals surface area contributed by atoms with Crippen molar-refractivity contribution in [3.05, 3.63) is 89.1 Å². The van der Waals surface area contributed by atoms with Crippen LogP contribution in [0, 0.1) is 18.3 Å². The number of methoxy groups -OCH3 is 1. The number of carbonyl (C=O) groups is 1. The van der Waals surface area contributed by atoms with Crippen LogP contribution in [0.2, 0.25) is 0 Å². The van der Waals surface area contributed by atoms with E-state index in [1.165, 1.54) is 0 Å². The zero-order chi connectivity index (χ0) is 28.4. The smallest absolute Gasteiger partial charge is 0.337 e. The monoisotopic (exact) mass is 534 g/mol. The van der Waals surface area contributed by atoms with Crippen LogP contribution < -0.4 is 10.2 Å². The molecule has 7 nitrogen and oxygen atoms in total. The Bertz CT molecular complexity index is 1600. The van der Waals surface area contributed by atoms with E-state index in [1.54, 1.807) is 25.3 Å². The molecule has 2 heterocycles. The van der Waals surface area contributed by atoms with Gasteiger partial charge in [-0.05, 0) is 86.7 Å². The highest BCUT2D eigenvalue weighted by Crippen LogP contribution is 2.35. The third-order valence-electron chi connectivity index (χ3n) is 8.07. The van der Waals surface area contributed by atoms with Crippen LogP contribution in [0.4, 0.5) is 11.4 Å². The Morgan fingerprint density at radius 1 is 1.12 bits per heavy atom. The molecule has 1 aliphatic heterocycles. The first-order valence-corrected chi connectivity index (χ1v) is 13.6. The van der Waals surface area contributed by atoms with Crippen LogP contribution >= 0.6 is 0 Å². The minimum atomic E-state index is -0.979. The lowest BCUT2D eigenvalue weighted by molar-refractivity contribution is -0.0132. The van der Waals surface area contributed by atoms with Gasteiger partial charge in [0.05, 0.1) is 16.7 Å². The molecule has 204 valence electrons. The minimum Gasteiger partial charge on any atom is -0.478 e. The fourth-order valence-corrected chi connectivity index (χ4v) is 5.51. The summed E-state index contributed by atoms with van der Waals surface area (Å²) in [4.78, 5) is 18.9. The van der Waals surface area contributed by atoms with Crippen molar-refractivity contribution in [2.45, 2.75) is 45.3 Å². The van der Waals surface area contributed by atoms with E-state index in [4.69, 9.17) is 9.72 Å². The lowest BCUT2D eigenvalue weighted by atomic mass is 9.92. The lowest BCUT2D eigenvalue weighted by Gasteiger charge is -2.39. The van der Waals surface area contributed by atoms with E-state index < -0.39 is 5.97 Å². The number of hydrogen-bond donors (Lipinski definition) is 2. The fourth-order valence-electron chi connectivity index (χ4n) is 5.51. The van der Waals surface area contributed by atoms with Crippen LogP contribution in [-0.4, -0.2) is 41.9 Å². The van der Waals surface area contributed by atoms with Gasteiger partial charge in [0.25, 0.3) is 0 Å². The summed E-state index contributed by atoms with van der Waals surface area (Å²) in [5, 5.41) is 23.9. The highest BCUT2D eigenvalue weighted by Gasteiger charge is 2.29. The van der Waals surface area contributed by atoms with Gasteiger partial charge >= 0.3 is 5.97 Å². The summed E-state index contributed by atoms with van der Waals surface area (Å²) in [5.74, 6) is -0.979. The summed E-state index contributed by atoms with van der Waals surface area (Å²) in [7, 11) is 1.79. The number of carboxylic acids is 1. The molecule has 2 N–H and O–H groups in total. The van der Waals surface area contributed by atoms with Gasteiger partial charge in [-0.15, -0.1) is 0 Å². The summed E-state index contributed by atoms with van der Waals surface area (Å²) in [6.45, 7) is 8.04. The minimum absolute atomic E-state index is 0.0628. The Morgan fingerprint density at radius 2 is 1.82 bits per heavy atom. The van der Waals surface area contributed by atoms with Gasteiger partial charge < -0.3 is 20.1 Å². The average Bonchev–Trinajstić information content (AvgIpc) is 2.96. The van der Waals surface area contributed by atoms with Crippen molar-refractivity contribution in [3.8, 4) is 17.2 Å². The Kier molecular flexibility index (Phi) is 7.46. The number of aryl methyl sites for hydroxylation is 1. The number of anilines is 2. The molecule has 1 unspecified atom stereocenters. The number of aromatic nitrogens is 1. The van der Waals surface area contributed by atoms with Crippen LogP contribution in [0.25, 0.3) is 22.0 Å². The second-order valence-electron chi connectivity index (χ2n) is 10.8. The molecule has 5 rings (SSSR count). The largest absolute Gasteiger partial charge is 0.478 e. The molecule has 1 aromatic heterocycles. The summed E-state index contributed by atoms with van der Waals surface area (Å²) < 4.78 is 5.69. The molecule has 0 amide bonds. The van der Waals surface area contributed by atoms with Gasteiger partial charge in [-0.2, -0.15) is 5.26 Å². The lowest BCUT2D eigenvalue weighted by Crippen LogP contribution is -2.43. The van der Waals surface area contributed by atoms with Crippen LogP contribution in [-0.2, 0) is 4.74 Å². The normalized spacial score (nSPS) is 15.4. The van der Waals surface area contributed by atoms with Crippen molar-refractivity contribution in [2.75, 3.05) is 30.4 Å². The number of benzene rings is 3. The zero-order valence-corrected chi connectivity index (χ0v) is 23.4. The third-order valence-corrected chi connectivity index (χ3v) is 8.07. The number of piperidine rings is 1. The number of fused-ring (bicyclic) bond motifs is 1. The zero-order valence-electron chi connectivity index (χ0n) is 23.4. The second-order valence-corrected chi connectivity index (χ2v) is 10.8. The SMILES string of the molecule is COC1(C)CCN(c2ccc(-c3cc4c(C(C)Nc5ccccc5C(=O)O)cc(C)cc4nc3C#N)cc2)CC1. The predicted molar refractivity (Wildman–Crippen MR) is 159 cm³/mol. The maximum absolute atomic E-state index is 11.8. The van der Waals surface area contributed by atoms with Crippen LogP contribution in [0.5, 0.6) is 0 Å².